The van der Waals surface area contributed by atoms with Crippen molar-refractivity contribution in [2.45, 2.75) is 50.0 Å². The SMILES string of the molecule is Cc1ccc(S(=O)(=O)N(C)C)cc1-c1ccc(C[C@H](NC(=O)[C@H]2CC[C@H](CN)CC2)C(=O)Nc2ccc3[nH]c(=O)[nH]c3c2)cc1. The Bertz CT molecular complexity index is 1850. The van der Waals surface area contributed by atoms with E-state index in [1.165, 1.54) is 18.4 Å². The number of nitrogens with two attached hydrogens (primary N) is 1. The minimum absolute atomic E-state index is 0.151. The number of hydrogen-bond donors (Lipinski definition) is 5. The lowest BCUT2D eigenvalue weighted by atomic mass is 9.81. The summed E-state index contributed by atoms with van der Waals surface area (Å²) in [7, 11) is -0.598. The molecule has 2 amide bonds. The molecule has 0 radical (unpaired) electrons. The molecule has 11 nitrogen and oxygen atoms in total. The Hall–Kier alpha value is -4.26. The van der Waals surface area contributed by atoms with E-state index in [4.69, 9.17) is 5.73 Å². The number of H-pyrrole nitrogens is 2. The minimum atomic E-state index is -3.60. The number of aryl methyl sites for hydroxylation is 1. The van der Waals surface area contributed by atoms with Crippen LogP contribution in [0.2, 0.25) is 0 Å². The summed E-state index contributed by atoms with van der Waals surface area (Å²) in [6.07, 6.45) is 3.48. The second-order valence-electron chi connectivity index (χ2n) is 12.0. The standard InChI is InChI=1S/C33H40N6O5S/c1-20-4-14-26(45(43,44)39(2)3)18-27(20)23-9-5-21(6-10-23)16-30(36-31(40)24-11-7-22(19-34)8-12-24)32(41)35-25-13-15-28-29(17-25)38-33(42)37-28/h4-6,9-10,13-15,17-18,22,24,30H,7-8,11-12,16,19,34H2,1-3H3,(H,35,41)(H,36,40)(H2,37,38,42)/t22-,24-,30-/m0/s1. The molecule has 1 heterocycles. The molecular weight excluding hydrogens is 592 g/mol. The summed E-state index contributed by atoms with van der Waals surface area (Å²) in [5.41, 5.74) is 10.5. The summed E-state index contributed by atoms with van der Waals surface area (Å²) in [6, 6.07) is 16.8. The summed E-state index contributed by atoms with van der Waals surface area (Å²) in [4.78, 5) is 44.2. The van der Waals surface area contributed by atoms with E-state index in [2.05, 4.69) is 20.6 Å². The number of rotatable bonds is 10. The van der Waals surface area contributed by atoms with Gasteiger partial charge in [-0.15, -0.1) is 0 Å². The van der Waals surface area contributed by atoms with Gasteiger partial charge in [0.2, 0.25) is 21.8 Å². The predicted molar refractivity (Wildman–Crippen MR) is 175 cm³/mol. The van der Waals surface area contributed by atoms with Crippen molar-refractivity contribution >= 4 is 38.6 Å². The summed E-state index contributed by atoms with van der Waals surface area (Å²) >= 11 is 0. The average Bonchev–Trinajstić information content (AvgIpc) is 3.40. The number of amides is 2. The van der Waals surface area contributed by atoms with Gasteiger partial charge in [0.15, 0.2) is 0 Å². The number of fused-ring (bicyclic) bond motifs is 1. The second kappa shape index (κ2) is 13.4. The van der Waals surface area contributed by atoms with Gasteiger partial charge in [0.25, 0.3) is 0 Å². The van der Waals surface area contributed by atoms with E-state index < -0.39 is 16.1 Å². The molecule has 3 aromatic carbocycles. The van der Waals surface area contributed by atoms with Crippen LogP contribution in [0.15, 0.2) is 70.4 Å². The van der Waals surface area contributed by atoms with E-state index in [1.807, 2.05) is 31.2 Å². The maximum atomic E-state index is 13.6. The zero-order chi connectivity index (χ0) is 32.3. The van der Waals surface area contributed by atoms with Gasteiger partial charge in [0.1, 0.15) is 6.04 Å². The number of aromatic nitrogens is 2. The largest absolute Gasteiger partial charge is 0.344 e. The minimum Gasteiger partial charge on any atom is -0.344 e. The van der Waals surface area contributed by atoms with Gasteiger partial charge in [-0.25, -0.2) is 17.5 Å². The molecule has 0 unspecified atom stereocenters. The lowest BCUT2D eigenvalue weighted by molar-refractivity contribution is -0.130. The monoisotopic (exact) mass is 632 g/mol. The van der Waals surface area contributed by atoms with Crippen LogP contribution in [0.1, 0.15) is 36.8 Å². The smallest absolute Gasteiger partial charge is 0.323 e. The number of nitrogens with one attached hydrogen (secondary N) is 4. The summed E-state index contributed by atoms with van der Waals surface area (Å²) < 4.78 is 26.6. The molecule has 1 aliphatic rings. The number of sulfonamides is 1. The number of carbonyl (C=O) groups is 2. The highest BCUT2D eigenvalue weighted by Gasteiger charge is 2.29. The number of nitrogens with zero attached hydrogens (tertiary/aromatic N) is 1. The van der Waals surface area contributed by atoms with Crippen LogP contribution in [0.25, 0.3) is 22.2 Å². The zero-order valence-electron chi connectivity index (χ0n) is 25.7. The Morgan fingerprint density at radius 3 is 2.31 bits per heavy atom. The van der Waals surface area contributed by atoms with Crippen molar-refractivity contribution in [2.75, 3.05) is 26.0 Å². The summed E-state index contributed by atoms with van der Waals surface area (Å²) in [5.74, 6) is -0.283. The number of hydrogen-bond acceptors (Lipinski definition) is 6. The van der Waals surface area contributed by atoms with Crippen LogP contribution < -0.4 is 22.1 Å². The van der Waals surface area contributed by atoms with Gasteiger partial charge in [0.05, 0.1) is 15.9 Å². The third kappa shape index (κ3) is 7.35. The highest BCUT2D eigenvalue weighted by atomic mass is 32.2. The fraction of sp³-hybridized carbons (Fsp3) is 0.364. The first-order chi connectivity index (χ1) is 21.4. The van der Waals surface area contributed by atoms with Crippen molar-refractivity contribution in [3.05, 3.63) is 82.3 Å². The lowest BCUT2D eigenvalue weighted by Crippen LogP contribution is -2.48. The number of anilines is 1. The summed E-state index contributed by atoms with van der Waals surface area (Å²) in [6.45, 7) is 2.54. The molecule has 6 N–H and O–H groups in total. The molecule has 1 aromatic heterocycles. The topological polar surface area (TPSA) is 170 Å². The third-order valence-corrected chi connectivity index (χ3v) is 10.5. The van der Waals surface area contributed by atoms with E-state index in [1.54, 1.807) is 36.4 Å². The predicted octanol–water partition coefficient (Wildman–Crippen LogP) is 3.51. The van der Waals surface area contributed by atoms with E-state index in [0.29, 0.717) is 29.2 Å². The molecule has 5 rings (SSSR count). The highest BCUT2D eigenvalue weighted by molar-refractivity contribution is 7.89. The number of carbonyl (C=O) groups excluding carboxylic acids is 2. The Morgan fingerprint density at radius 1 is 0.956 bits per heavy atom. The van der Waals surface area contributed by atoms with Crippen LogP contribution in [0, 0.1) is 18.8 Å². The summed E-state index contributed by atoms with van der Waals surface area (Å²) in [5, 5.41) is 5.90. The Morgan fingerprint density at radius 2 is 1.64 bits per heavy atom. The maximum Gasteiger partial charge on any atom is 0.323 e. The zero-order valence-corrected chi connectivity index (χ0v) is 26.5. The molecule has 0 saturated heterocycles. The number of imidazole rings is 1. The Labute approximate surface area is 262 Å². The van der Waals surface area contributed by atoms with Gasteiger partial charge < -0.3 is 26.3 Å². The quantitative estimate of drug-likeness (QED) is 0.179. The van der Waals surface area contributed by atoms with Crippen LogP contribution in [0.5, 0.6) is 0 Å². The molecule has 0 spiro atoms. The van der Waals surface area contributed by atoms with Crippen LogP contribution in [0.3, 0.4) is 0 Å². The molecule has 0 bridgehead atoms. The van der Waals surface area contributed by atoms with Crippen molar-refractivity contribution in [3.63, 3.8) is 0 Å². The van der Waals surface area contributed by atoms with E-state index in [-0.39, 0.29) is 34.7 Å². The number of benzene rings is 3. The van der Waals surface area contributed by atoms with Crippen LogP contribution in [-0.2, 0) is 26.0 Å². The van der Waals surface area contributed by atoms with Crippen LogP contribution >= 0.6 is 0 Å². The molecule has 1 saturated carbocycles. The third-order valence-electron chi connectivity index (χ3n) is 8.66. The van der Waals surface area contributed by atoms with Gasteiger partial charge in [-0.05, 0) is 97.7 Å². The normalized spacial score (nSPS) is 17.7. The van der Waals surface area contributed by atoms with E-state index in [9.17, 15) is 22.8 Å². The lowest BCUT2D eigenvalue weighted by Gasteiger charge is -2.28. The molecule has 238 valence electrons. The van der Waals surface area contributed by atoms with Crippen molar-refractivity contribution in [1.29, 1.82) is 0 Å². The number of aromatic amines is 2. The fourth-order valence-corrected chi connectivity index (χ4v) is 6.77. The van der Waals surface area contributed by atoms with Gasteiger partial charge in [-0.1, -0.05) is 30.3 Å². The molecule has 1 aliphatic carbocycles. The molecule has 4 aromatic rings. The fourth-order valence-electron chi connectivity index (χ4n) is 5.84. The van der Waals surface area contributed by atoms with Crippen molar-refractivity contribution < 1.29 is 18.0 Å². The average molecular weight is 633 g/mol. The van der Waals surface area contributed by atoms with Crippen molar-refractivity contribution in [3.8, 4) is 11.1 Å². The van der Waals surface area contributed by atoms with Crippen LogP contribution in [-0.4, -0.2) is 61.2 Å². The van der Waals surface area contributed by atoms with Crippen LogP contribution in [0.4, 0.5) is 5.69 Å². The molecule has 45 heavy (non-hydrogen) atoms. The first kappa shape index (κ1) is 32.1. The van der Waals surface area contributed by atoms with Gasteiger partial charge in [-0.2, -0.15) is 0 Å². The van der Waals surface area contributed by atoms with Crippen molar-refractivity contribution in [1.82, 2.24) is 19.6 Å². The van der Waals surface area contributed by atoms with E-state index >= 15 is 0 Å². The molecule has 12 heteroatoms. The first-order valence-electron chi connectivity index (χ1n) is 15.1. The molecular formula is C33H40N6O5S. The van der Waals surface area contributed by atoms with Crippen molar-refractivity contribution in [2.24, 2.45) is 17.6 Å². The maximum absolute atomic E-state index is 13.6. The van der Waals surface area contributed by atoms with Gasteiger partial charge in [0, 0.05) is 32.1 Å². The molecule has 1 atom stereocenters. The highest BCUT2D eigenvalue weighted by Crippen LogP contribution is 2.30. The molecule has 0 aliphatic heterocycles. The van der Waals surface area contributed by atoms with E-state index in [0.717, 1.165) is 47.9 Å². The second-order valence-corrected chi connectivity index (χ2v) is 14.2. The van der Waals surface area contributed by atoms with Gasteiger partial charge in [-0.3, -0.25) is 9.59 Å². The Kier molecular flexibility index (Phi) is 9.56. The first-order valence-corrected chi connectivity index (χ1v) is 16.5. The molecule has 1 fully saturated rings. The van der Waals surface area contributed by atoms with Gasteiger partial charge >= 0.3 is 5.69 Å². The Balaban J connectivity index is 1.37.